The number of nitriles is 1. The first-order valence-corrected chi connectivity index (χ1v) is 9.55. The van der Waals surface area contributed by atoms with Crippen LogP contribution >= 0.6 is 11.8 Å². The predicted molar refractivity (Wildman–Crippen MR) is 108 cm³/mol. The Hall–Kier alpha value is -3.04. The normalized spacial score (nSPS) is 10.4. The molecule has 1 aromatic heterocycles. The summed E-state index contributed by atoms with van der Waals surface area (Å²) in [6, 6.07) is 17.2. The maximum atomic E-state index is 12.4. The summed E-state index contributed by atoms with van der Waals surface area (Å²) in [5, 5.41) is 13.8. The lowest BCUT2D eigenvalue weighted by Crippen LogP contribution is -2.15. The number of nitrogens with one attached hydrogen (secondary N) is 1. The lowest BCUT2D eigenvalue weighted by atomic mass is 10.1. The number of carbonyl (C=O) groups excluding carboxylic acids is 1. The topological polar surface area (TPSA) is 75.0 Å². The molecule has 0 aliphatic heterocycles. The zero-order valence-electron chi connectivity index (χ0n) is 15.2. The quantitative estimate of drug-likeness (QED) is 0.638. The molecule has 1 heterocycles. The zero-order chi connectivity index (χ0) is 19.2. The second kappa shape index (κ2) is 8.56. The summed E-state index contributed by atoms with van der Waals surface area (Å²) in [5.74, 6) is 0.608. The highest BCUT2D eigenvalue weighted by atomic mass is 32.2. The summed E-state index contributed by atoms with van der Waals surface area (Å²) in [7, 11) is 0. The van der Waals surface area contributed by atoms with Crippen molar-refractivity contribution in [2.75, 3.05) is 17.7 Å². The van der Waals surface area contributed by atoms with Gasteiger partial charge in [-0.1, -0.05) is 35.5 Å². The van der Waals surface area contributed by atoms with Crippen molar-refractivity contribution in [3.63, 3.8) is 0 Å². The number of aryl methyl sites for hydroxylation is 1. The monoisotopic (exact) mass is 377 g/mol. The summed E-state index contributed by atoms with van der Waals surface area (Å²) < 4.78 is 5.52. The third-order valence-corrected chi connectivity index (χ3v) is 4.85. The molecule has 136 valence electrons. The molecule has 0 atom stereocenters. The number of hydrogen-bond acceptors (Lipinski definition) is 5. The predicted octanol–water partition coefficient (Wildman–Crippen LogP) is 4.54. The molecule has 27 heavy (non-hydrogen) atoms. The van der Waals surface area contributed by atoms with Gasteiger partial charge in [-0.3, -0.25) is 4.79 Å². The summed E-state index contributed by atoms with van der Waals surface area (Å²) in [4.78, 5) is 16.9. The number of benzene rings is 2. The average Bonchev–Trinajstić information content (AvgIpc) is 2.67. The fourth-order valence-electron chi connectivity index (χ4n) is 2.64. The Morgan fingerprint density at radius 2 is 2.07 bits per heavy atom. The highest BCUT2D eigenvalue weighted by Gasteiger charge is 2.12. The van der Waals surface area contributed by atoms with Crippen molar-refractivity contribution in [2.24, 2.45) is 0 Å². The average molecular weight is 377 g/mol. The zero-order valence-corrected chi connectivity index (χ0v) is 16.0. The fourth-order valence-corrected chi connectivity index (χ4v) is 3.40. The van der Waals surface area contributed by atoms with E-state index in [0.717, 1.165) is 16.5 Å². The molecule has 0 spiro atoms. The first kappa shape index (κ1) is 18.7. The molecule has 0 radical (unpaired) electrons. The van der Waals surface area contributed by atoms with Crippen LogP contribution in [0, 0.1) is 18.3 Å². The van der Waals surface area contributed by atoms with Crippen LogP contribution < -0.4 is 10.1 Å². The number of thioether (sulfide) groups is 1. The van der Waals surface area contributed by atoms with E-state index in [9.17, 15) is 10.1 Å². The third kappa shape index (κ3) is 4.57. The largest absolute Gasteiger partial charge is 0.492 e. The van der Waals surface area contributed by atoms with Crippen molar-refractivity contribution < 1.29 is 9.53 Å². The number of para-hydroxylation sites is 2. The van der Waals surface area contributed by atoms with Gasteiger partial charge in [0.25, 0.3) is 0 Å². The minimum atomic E-state index is -0.179. The van der Waals surface area contributed by atoms with E-state index in [1.807, 2.05) is 56.3 Å². The Labute approximate surface area is 162 Å². The number of amides is 1. The number of fused-ring (bicyclic) bond motifs is 1. The van der Waals surface area contributed by atoms with E-state index in [1.165, 1.54) is 11.8 Å². The van der Waals surface area contributed by atoms with Crippen molar-refractivity contribution in [3.05, 3.63) is 59.7 Å². The first-order valence-electron chi connectivity index (χ1n) is 8.56. The van der Waals surface area contributed by atoms with Crippen molar-refractivity contribution in [3.8, 4) is 11.8 Å². The van der Waals surface area contributed by atoms with Crippen molar-refractivity contribution in [1.29, 1.82) is 5.26 Å². The SMILES string of the molecule is CCOc1ccccc1NC(=O)CSc1nc2ccc(C)cc2cc1C#N. The van der Waals surface area contributed by atoms with Gasteiger partial charge >= 0.3 is 0 Å². The van der Waals surface area contributed by atoms with Crippen LogP contribution in [-0.2, 0) is 4.79 Å². The molecule has 1 N–H and O–H groups in total. The van der Waals surface area contributed by atoms with Gasteiger partial charge in [-0.25, -0.2) is 4.98 Å². The molecule has 0 saturated heterocycles. The van der Waals surface area contributed by atoms with Gasteiger partial charge in [-0.15, -0.1) is 0 Å². The van der Waals surface area contributed by atoms with Crippen molar-refractivity contribution in [1.82, 2.24) is 4.98 Å². The molecular weight excluding hydrogens is 358 g/mol. The van der Waals surface area contributed by atoms with E-state index >= 15 is 0 Å². The van der Waals surface area contributed by atoms with Gasteiger partial charge in [-0.2, -0.15) is 5.26 Å². The van der Waals surface area contributed by atoms with Gasteiger partial charge in [0.15, 0.2) is 0 Å². The number of ether oxygens (including phenoxy) is 1. The van der Waals surface area contributed by atoms with Gasteiger partial charge in [0.1, 0.15) is 16.8 Å². The minimum Gasteiger partial charge on any atom is -0.492 e. The molecule has 0 saturated carbocycles. The smallest absolute Gasteiger partial charge is 0.234 e. The van der Waals surface area contributed by atoms with Crippen LogP contribution in [0.2, 0.25) is 0 Å². The molecule has 2 aromatic carbocycles. The summed E-state index contributed by atoms with van der Waals surface area (Å²) in [5.41, 5.74) is 3.03. The van der Waals surface area contributed by atoms with E-state index in [2.05, 4.69) is 16.4 Å². The van der Waals surface area contributed by atoms with Crippen LogP contribution in [0.25, 0.3) is 10.9 Å². The van der Waals surface area contributed by atoms with Gasteiger partial charge in [-0.05, 0) is 44.2 Å². The Kier molecular flexibility index (Phi) is 5.94. The van der Waals surface area contributed by atoms with Gasteiger partial charge in [0.2, 0.25) is 5.91 Å². The lowest BCUT2D eigenvalue weighted by molar-refractivity contribution is -0.113. The molecule has 0 fully saturated rings. The third-order valence-electron chi connectivity index (χ3n) is 3.86. The maximum absolute atomic E-state index is 12.4. The van der Waals surface area contributed by atoms with E-state index in [0.29, 0.717) is 28.6 Å². The second-order valence-electron chi connectivity index (χ2n) is 5.92. The molecule has 0 unspecified atom stereocenters. The number of aromatic nitrogens is 1. The number of carbonyl (C=O) groups is 1. The highest BCUT2D eigenvalue weighted by molar-refractivity contribution is 8.00. The molecule has 0 aliphatic carbocycles. The Morgan fingerprint density at radius 3 is 2.85 bits per heavy atom. The van der Waals surface area contributed by atoms with Crippen LogP contribution in [0.5, 0.6) is 5.75 Å². The van der Waals surface area contributed by atoms with Crippen LogP contribution in [0.1, 0.15) is 18.1 Å². The molecule has 0 bridgehead atoms. The molecule has 5 nitrogen and oxygen atoms in total. The number of nitrogens with zero attached hydrogens (tertiary/aromatic N) is 2. The maximum Gasteiger partial charge on any atom is 0.234 e. The van der Waals surface area contributed by atoms with E-state index < -0.39 is 0 Å². The molecule has 1 amide bonds. The number of pyridine rings is 1. The molecular formula is C21H19N3O2S. The molecule has 3 aromatic rings. The van der Waals surface area contributed by atoms with E-state index in [1.54, 1.807) is 6.07 Å². The van der Waals surface area contributed by atoms with E-state index in [4.69, 9.17) is 4.74 Å². The van der Waals surface area contributed by atoms with E-state index in [-0.39, 0.29) is 11.7 Å². The molecule has 6 heteroatoms. The number of anilines is 1. The standard InChI is InChI=1S/C21H19N3O2S/c1-3-26-19-7-5-4-6-18(19)23-20(25)13-27-21-16(12-22)11-15-10-14(2)8-9-17(15)24-21/h4-11H,3,13H2,1-2H3,(H,23,25). The van der Waals surface area contributed by atoms with Gasteiger partial charge in [0.05, 0.1) is 29.1 Å². The van der Waals surface area contributed by atoms with Gasteiger partial charge < -0.3 is 10.1 Å². The van der Waals surface area contributed by atoms with Crippen LogP contribution in [0.3, 0.4) is 0 Å². The van der Waals surface area contributed by atoms with Crippen LogP contribution in [0.15, 0.2) is 53.6 Å². The van der Waals surface area contributed by atoms with Gasteiger partial charge in [0, 0.05) is 5.39 Å². The number of rotatable bonds is 6. The first-order chi connectivity index (χ1) is 13.1. The lowest BCUT2D eigenvalue weighted by Gasteiger charge is -2.11. The summed E-state index contributed by atoms with van der Waals surface area (Å²) in [6.07, 6.45) is 0. The number of hydrogen-bond donors (Lipinski definition) is 1. The Balaban J connectivity index is 1.74. The van der Waals surface area contributed by atoms with Crippen LogP contribution in [-0.4, -0.2) is 23.3 Å². The Morgan fingerprint density at radius 1 is 1.26 bits per heavy atom. The summed E-state index contributed by atoms with van der Waals surface area (Å²) in [6.45, 7) is 4.41. The van der Waals surface area contributed by atoms with Crippen LogP contribution in [0.4, 0.5) is 5.69 Å². The van der Waals surface area contributed by atoms with Crippen molar-refractivity contribution in [2.45, 2.75) is 18.9 Å². The minimum absolute atomic E-state index is 0.152. The van der Waals surface area contributed by atoms with Crippen molar-refractivity contribution >= 4 is 34.3 Å². The fraction of sp³-hybridized carbons (Fsp3) is 0.190. The molecule has 3 rings (SSSR count). The Bertz CT molecular complexity index is 1030. The molecule has 0 aliphatic rings. The second-order valence-corrected chi connectivity index (χ2v) is 6.88. The highest BCUT2D eigenvalue weighted by Crippen LogP contribution is 2.27. The summed E-state index contributed by atoms with van der Waals surface area (Å²) >= 11 is 1.25.